The van der Waals surface area contributed by atoms with Crippen LogP contribution in [0.5, 0.6) is 0 Å². The molecule has 2 unspecified atom stereocenters. The highest BCUT2D eigenvalue weighted by Gasteiger charge is 2.07. The first-order valence-electron chi connectivity index (χ1n) is 2.87. The maximum Gasteiger partial charge on any atom is 0.0669 e. The summed E-state index contributed by atoms with van der Waals surface area (Å²) in [4.78, 5) is 0. The zero-order valence-electron chi connectivity index (χ0n) is 5.39. The molecule has 2 heteroatoms. The molecule has 0 fully saturated rings. The monoisotopic (exact) mass is 112 g/mol. The van der Waals surface area contributed by atoms with Crippen LogP contribution in [-0.4, -0.2) is 6.04 Å². The maximum atomic E-state index is 8.31. The number of hydrogen-bond acceptors (Lipinski definition) is 2. The third-order valence-electron chi connectivity index (χ3n) is 1.32. The van der Waals surface area contributed by atoms with Gasteiger partial charge in [0.25, 0.3) is 0 Å². The molecule has 0 spiro atoms. The van der Waals surface area contributed by atoms with Gasteiger partial charge in [-0.25, -0.2) is 0 Å². The topological polar surface area (TPSA) is 49.8 Å². The molecule has 0 aromatic rings. The summed E-state index contributed by atoms with van der Waals surface area (Å²) in [6.07, 6.45) is 0.884. The van der Waals surface area contributed by atoms with Gasteiger partial charge in [-0.2, -0.15) is 5.26 Å². The number of nitriles is 1. The van der Waals surface area contributed by atoms with Gasteiger partial charge < -0.3 is 5.73 Å². The lowest BCUT2D eigenvalue weighted by atomic mass is 10.0. The zero-order chi connectivity index (χ0) is 6.57. The van der Waals surface area contributed by atoms with Crippen LogP contribution in [0.25, 0.3) is 0 Å². The first-order chi connectivity index (χ1) is 3.72. The van der Waals surface area contributed by atoms with Gasteiger partial charge in [-0.1, -0.05) is 6.92 Å². The van der Waals surface area contributed by atoms with Gasteiger partial charge in [0.15, 0.2) is 0 Å². The summed E-state index contributed by atoms with van der Waals surface area (Å²) in [7, 11) is 0. The van der Waals surface area contributed by atoms with Gasteiger partial charge in [-0.05, 0) is 13.3 Å². The van der Waals surface area contributed by atoms with Gasteiger partial charge in [0.2, 0.25) is 0 Å². The predicted molar refractivity (Wildman–Crippen MR) is 33.0 cm³/mol. The van der Waals surface area contributed by atoms with E-state index >= 15 is 0 Å². The molecule has 0 bridgehead atoms. The molecule has 0 radical (unpaired) electrons. The smallest absolute Gasteiger partial charge is 0.0669 e. The second-order valence-electron chi connectivity index (χ2n) is 1.99. The highest BCUT2D eigenvalue weighted by molar-refractivity contribution is 4.85. The van der Waals surface area contributed by atoms with E-state index in [1.54, 1.807) is 0 Å². The van der Waals surface area contributed by atoms with Crippen LogP contribution in [0.1, 0.15) is 20.3 Å². The molecule has 46 valence electrons. The van der Waals surface area contributed by atoms with E-state index in [0.29, 0.717) is 0 Å². The molecule has 0 aromatic heterocycles. The molecule has 0 aromatic carbocycles. The Kier molecular flexibility index (Phi) is 3.21. The van der Waals surface area contributed by atoms with E-state index in [2.05, 4.69) is 6.07 Å². The standard InChI is InChI=1S/C6H12N2/c1-3-6(8)5(2)4-7/h5-6H,3,8H2,1-2H3. The van der Waals surface area contributed by atoms with Crippen molar-refractivity contribution in [3.63, 3.8) is 0 Å². The molecule has 2 N–H and O–H groups in total. The van der Waals surface area contributed by atoms with Crippen molar-refractivity contribution in [3.8, 4) is 6.07 Å². The first-order valence-corrected chi connectivity index (χ1v) is 2.87. The summed E-state index contributed by atoms with van der Waals surface area (Å²) in [5.74, 6) is -0.000000000000000222. The molecule has 0 aliphatic carbocycles. The maximum absolute atomic E-state index is 8.31. The molecule has 0 saturated carbocycles. The molecule has 2 nitrogen and oxygen atoms in total. The molecular formula is C6H12N2. The van der Waals surface area contributed by atoms with Crippen LogP contribution in [0.4, 0.5) is 0 Å². The van der Waals surface area contributed by atoms with Crippen molar-refractivity contribution in [1.29, 1.82) is 5.26 Å². The van der Waals surface area contributed by atoms with E-state index < -0.39 is 0 Å². The minimum Gasteiger partial charge on any atom is -0.327 e. The molecule has 0 saturated heterocycles. The first kappa shape index (κ1) is 7.45. The van der Waals surface area contributed by atoms with Crippen LogP contribution in [0.2, 0.25) is 0 Å². The third kappa shape index (κ3) is 1.94. The summed E-state index contributed by atoms with van der Waals surface area (Å²) in [6.45, 7) is 3.83. The van der Waals surface area contributed by atoms with Crippen molar-refractivity contribution in [2.75, 3.05) is 0 Å². The van der Waals surface area contributed by atoms with Gasteiger partial charge in [-0.15, -0.1) is 0 Å². The summed E-state index contributed by atoms with van der Waals surface area (Å²) in [5.41, 5.74) is 5.50. The average Bonchev–Trinajstić information content (AvgIpc) is 1.84. The Morgan fingerprint density at radius 1 is 1.75 bits per heavy atom. The lowest BCUT2D eigenvalue weighted by molar-refractivity contribution is 0.534. The van der Waals surface area contributed by atoms with E-state index in [0.717, 1.165) is 6.42 Å². The van der Waals surface area contributed by atoms with Crippen LogP contribution < -0.4 is 5.73 Å². The Morgan fingerprint density at radius 3 is 2.38 bits per heavy atom. The highest BCUT2D eigenvalue weighted by atomic mass is 14.6. The van der Waals surface area contributed by atoms with Crippen LogP contribution in [0, 0.1) is 17.2 Å². The molecule has 2 atom stereocenters. The lowest BCUT2D eigenvalue weighted by Crippen LogP contribution is -2.25. The Morgan fingerprint density at radius 2 is 2.25 bits per heavy atom. The Bertz CT molecular complexity index is 93.2. The molecule has 0 rings (SSSR count). The minimum absolute atomic E-state index is 0.000000000000000222. The number of hydrogen-bond donors (Lipinski definition) is 1. The predicted octanol–water partition coefficient (Wildman–Crippen LogP) is 0.883. The summed E-state index contributed by atoms with van der Waals surface area (Å²) >= 11 is 0. The van der Waals surface area contributed by atoms with E-state index in [1.165, 1.54) is 0 Å². The number of rotatable bonds is 2. The van der Waals surface area contributed by atoms with Crippen molar-refractivity contribution in [3.05, 3.63) is 0 Å². The summed E-state index contributed by atoms with van der Waals surface area (Å²) < 4.78 is 0. The molecule has 0 heterocycles. The Balaban J connectivity index is 3.49. The molecular weight excluding hydrogens is 100 g/mol. The second-order valence-corrected chi connectivity index (χ2v) is 1.99. The van der Waals surface area contributed by atoms with Crippen LogP contribution >= 0.6 is 0 Å². The molecule has 0 amide bonds. The second kappa shape index (κ2) is 3.45. The fourth-order valence-electron chi connectivity index (χ4n) is 0.449. The quantitative estimate of drug-likeness (QED) is 0.576. The van der Waals surface area contributed by atoms with Crippen LogP contribution in [0.3, 0.4) is 0 Å². The fourth-order valence-corrected chi connectivity index (χ4v) is 0.449. The summed E-state index contributed by atoms with van der Waals surface area (Å²) in [6, 6.07) is 2.15. The van der Waals surface area contributed by atoms with Gasteiger partial charge in [0.05, 0.1) is 12.0 Å². The molecule has 8 heavy (non-hydrogen) atoms. The largest absolute Gasteiger partial charge is 0.327 e. The van der Waals surface area contributed by atoms with Gasteiger partial charge in [0, 0.05) is 6.04 Å². The van der Waals surface area contributed by atoms with Gasteiger partial charge in [0.1, 0.15) is 0 Å². The van der Waals surface area contributed by atoms with Crippen molar-refractivity contribution in [2.24, 2.45) is 11.7 Å². The van der Waals surface area contributed by atoms with Crippen molar-refractivity contribution in [1.82, 2.24) is 0 Å². The highest BCUT2D eigenvalue weighted by Crippen LogP contribution is 2.00. The zero-order valence-corrected chi connectivity index (χ0v) is 5.39. The van der Waals surface area contributed by atoms with Crippen molar-refractivity contribution in [2.45, 2.75) is 26.3 Å². The van der Waals surface area contributed by atoms with Crippen molar-refractivity contribution >= 4 is 0 Å². The van der Waals surface area contributed by atoms with Gasteiger partial charge >= 0.3 is 0 Å². The van der Waals surface area contributed by atoms with E-state index in [1.807, 2.05) is 13.8 Å². The van der Waals surface area contributed by atoms with E-state index in [4.69, 9.17) is 11.0 Å². The SMILES string of the molecule is CCC(N)C(C)C#N. The minimum atomic E-state index is -0.000000000000000222. The van der Waals surface area contributed by atoms with E-state index in [-0.39, 0.29) is 12.0 Å². The molecule has 0 aliphatic heterocycles. The van der Waals surface area contributed by atoms with Crippen molar-refractivity contribution < 1.29 is 0 Å². The number of nitrogens with zero attached hydrogens (tertiary/aromatic N) is 1. The van der Waals surface area contributed by atoms with Crippen LogP contribution in [-0.2, 0) is 0 Å². The van der Waals surface area contributed by atoms with Gasteiger partial charge in [-0.3, -0.25) is 0 Å². The lowest BCUT2D eigenvalue weighted by Gasteiger charge is -2.08. The normalized spacial score (nSPS) is 16.8. The average molecular weight is 112 g/mol. The third-order valence-corrected chi connectivity index (χ3v) is 1.32. The Labute approximate surface area is 50.3 Å². The summed E-state index contributed by atoms with van der Waals surface area (Å²) in [5, 5.41) is 8.31. The Hall–Kier alpha value is -0.550. The fraction of sp³-hybridized carbons (Fsp3) is 0.833. The molecule has 0 aliphatic rings. The number of nitrogens with two attached hydrogens (primary N) is 1. The van der Waals surface area contributed by atoms with E-state index in [9.17, 15) is 0 Å². The van der Waals surface area contributed by atoms with Crippen LogP contribution in [0.15, 0.2) is 0 Å².